The van der Waals surface area contributed by atoms with Crippen LogP contribution in [-0.4, -0.2) is 25.7 Å². The molecule has 2 amide bonds. The topological polar surface area (TPSA) is 65.1 Å². The van der Waals surface area contributed by atoms with Crippen molar-refractivity contribution >= 4 is 28.8 Å². The monoisotopic (exact) mass is 355 g/mol. The summed E-state index contributed by atoms with van der Waals surface area (Å²) >= 11 is 0. The number of carbonyl (C=O) groups is 2. The third-order valence-corrected chi connectivity index (χ3v) is 4.27. The first-order chi connectivity index (χ1) is 12.5. The molecule has 2 aliphatic rings. The lowest BCUT2D eigenvalue weighted by Crippen LogP contribution is -2.31. The number of amides is 2. The fourth-order valence-corrected chi connectivity index (χ4v) is 3.17. The molecule has 26 heavy (non-hydrogen) atoms. The number of hydrogen-bond donors (Lipinski definition) is 0. The highest BCUT2D eigenvalue weighted by molar-refractivity contribution is 6.42. The SMILES string of the molecule is CO/C(=C1/C(=O)N(C(C)=O)c2cc(F)ccc21)c1ccc2c(c1)OCO2. The molecule has 0 bridgehead atoms. The summed E-state index contributed by atoms with van der Waals surface area (Å²) in [5.74, 6) is -0.202. The van der Waals surface area contributed by atoms with Crippen LogP contribution in [0.2, 0.25) is 0 Å². The van der Waals surface area contributed by atoms with E-state index in [-0.39, 0.29) is 23.8 Å². The zero-order valence-corrected chi connectivity index (χ0v) is 14.0. The average molecular weight is 355 g/mol. The van der Waals surface area contributed by atoms with E-state index >= 15 is 0 Å². The molecule has 0 N–H and O–H groups in total. The summed E-state index contributed by atoms with van der Waals surface area (Å²) in [5.41, 5.74) is 1.41. The molecule has 4 rings (SSSR count). The van der Waals surface area contributed by atoms with Gasteiger partial charge in [0.2, 0.25) is 12.7 Å². The van der Waals surface area contributed by atoms with Crippen molar-refractivity contribution in [3.63, 3.8) is 0 Å². The number of nitrogens with zero attached hydrogens (tertiary/aromatic N) is 1. The Morgan fingerprint density at radius 3 is 2.65 bits per heavy atom. The van der Waals surface area contributed by atoms with Gasteiger partial charge in [-0.1, -0.05) is 0 Å². The number of ether oxygens (including phenoxy) is 3. The third-order valence-electron chi connectivity index (χ3n) is 4.27. The highest BCUT2D eigenvalue weighted by atomic mass is 19.1. The second kappa shape index (κ2) is 5.87. The Balaban J connectivity index is 1.94. The van der Waals surface area contributed by atoms with Gasteiger partial charge in [-0.25, -0.2) is 9.29 Å². The van der Waals surface area contributed by atoms with Gasteiger partial charge < -0.3 is 14.2 Å². The normalized spacial score (nSPS) is 16.6. The maximum absolute atomic E-state index is 13.7. The minimum atomic E-state index is -0.562. The molecule has 0 unspecified atom stereocenters. The number of methoxy groups -OCH3 is 1. The van der Waals surface area contributed by atoms with Gasteiger partial charge in [-0.3, -0.25) is 9.59 Å². The van der Waals surface area contributed by atoms with E-state index < -0.39 is 17.6 Å². The van der Waals surface area contributed by atoms with Crippen LogP contribution in [0.4, 0.5) is 10.1 Å². The van der Waals surface area contributed by atoms with E-state index in [0.29, 0.717) is 22.6 Å². The van der Waals surface area contributed by atoms with Gasteiger partial charge in [-0.15, -0.1) is 0 Å². The average Bonchev–Trinajstić information content (AvgIpc) is 3.17. The van der Waals surface area contributed by atoms with Crippen LogP contribution in [0.1, 0.15) is 18.1 Å². The summed E-state index contributed by atoms with van der Waals surface area (Å²) in [7, 11) is 1.43. The molecule has 2 aromatic rings. The Morgan fingerprint density at radius 1 is 1.15 bits per heavy atom. The summed E-state index contributed by atoms with van der Waals surface area (Å²) in [6, 6.07) is 9.00. The number of carbonyl (C=O) groups excluding carboxylic acids is 2. The Kier molecular flexibility index (Phi) is 3.64. The maximum atomic E-state index is 13.7. The Labute approximate surface area is 148 Å². The van der Waals surface area contributed by atoms with E-state index in [1.165, 1.54) is 26.2 Å². The predicted molar refractivity (Wildman–Crippen MR) is 91.0 cm³/mol. The minimum absolute atomic E-state index is 0.122. The van der Waals surface area contributed by atoms with Gasteiger partial charge in [0, 0.05) is 18.1 Å². The van der Waals surface area contributed by atoms with Crippen molar-refractivity contribution in [1.29, 1.82) is 0 Å². The molecule has 132 valence electrons. The van der Waals surface area contributed by atoms with Crippen molar-refractivity contribution in [2.45, 2.75) is 6.92 Å². The van der Waals surface area contributed by atoms with E-state index in [1.807, 2.05) is 0 Å². The summed E-state index contributed by atoms with van der Waals surface area (Å²) < 4.78 is 29.8. The Morgan fingerprint density at radius 2 is 1.92 bits per heavy atom. The van der Waals surface area contributed by atoms with Crippen molar-refractivity contribution in [2.75, 3.05) is 18.8 Å². The lowest BCUT2D eigenvalue weighted by atomic mass is 10.0. The Bertz CT molecular complexity index is 982. The minimum Gasteiger partial charge on any atom is -0.495 e. The zero-order valence-electron chi connectivity index (χ0n) is 14.0. The molecule has 0 atom stereocenters. The molecule has 0 aliphatic carbocycles. The van der Waals surface area contributed by atoms with Crippen molar-refractivity contribution < 1.29 is 28.2 Å². The number of halogens is 1. The predicted octanol–water partition coefficient (Wildman–Crippen LogP) is 2.96. The molecule has 7 heteroatoms. The zero-order chi connectivity index (χ0) is 18.4. The molecular formula is C19H14FNO5. The summed E-state index contributed by atoms with van der Waals surface area (Å²) in [6.45, 7) is 1.37. The van der Waals surface area contributed by atoms with E-state index in [9.17, 15) is 14.0 Å². The fourth-order valence-electron chi connectivity index (χ4n) is 3.17. The van der Waals surface area contributed by atoms with Crippen LogP contribution in [0, 0.1) is 5.82 Å². The molecular weight excluding hydrogens is 341 g/mol. The highest BCUT2D eigenvalue weighted by Crippen LogP contribution is 2.43. The first-order valence-corrected chi connectivity index (χ1v) is 7.84. The van der Waals surface area contributed by atoms with Gasteiger partial charge in [0.1, 0.15) is 11.6 Å². The number of fused-ring (bicyclic) bond motifs is 2. The third kappa shape index (κ3) is 2.32. The lowest BCUT2D eigenvalue weighted by molar-refractivity contribution is -0.122. The van der Waals surface area contributed by atoms with Crippen molar-refractivity contribution in [2.24, 2.45) is 0 Å². The second-order valence-corrected chi connectivity index (χ2v) is 5.80. The highest BCUT2D eigenvalue weighted by Gasteiger charge is 2.38. The standard InChI is InChI=1S/C19H14FNO5/c1-10(22)21-14-8-12(20)4-5-13(14)17(19(21)23)18(24-2)11-3-6-15-16(7-11)26-9-25-15/h3-8H,9H2,1-2H3/b18-17+. The molecule has 2 aliphatic heterocycles. The number of anilines is 1. The number of rotatable bonds is 2. The first kappa shape index (κ1) is 16.1. The van der Waals surface area contributed by atoms with E-state index in [0.717, 1.165) is 11.0 Å². The van der Waals surface area contributed by atoms with Crippen LogP contribution in [0.15, 0.2) is 36.4 Å². The molecule has 6 nitrogen and oxygen atoms in total. The van der Waals surface area contributed by atoms with Crippen molar-refractivity contribution in [3.8, 4) is 11.5 Å². The fraction of sp³-hybridized carbons (Fsp3) is 0.158. The molecule has 2 heterocycles. The van der Waals surface area contributed by atoms with Gasteiger partial charge >= 0.3 is 0 Å². The number of benzene rings is 2. The molecule has 0 radical (unpaired) electrons. The van der Waals surface area contributed by atoms with Gasteiger partial charge in [0.05, 0.1) is 18.4 Å². The molecule has 0 aromatic heterocycles. The van der Waals surface area contributed by atoms with E-state index in [1.54, 1.807) is 18.2 Å². The first-order valence-electron chi connectivity index (χ1n) is 7.84. The maximum Gasteiger partial charge on any atom is 0.269 e. The van der Waals surface area contributed by atoms with Gasteiger partial charge in [-0.2, -0.15) is 0 Å². The molecule has 0 saturated heterocycles. The van der Waals surface area contributed by atoms with Crippen molar-refractivity contribution in [3.05, 3.63) is 53.3 Å². The molecule has 0 saturated carbocycles. The number of hydrogen-bond acceptors (Lipinski definition) is 5. The summed E-state index contributed by atoms with van der Waals surface area (Å²) in [6.07, 6.45) is 0. The van der Waals surface area contributed by atoms with Crippen LogP contribution >= 0.6 is 0 Å². The van der Waals surface area contributed by atoms with Crippen molar-refractivity contribution in [1.82, 2.24) is 0 Å². The molecule has 0 fully saturated rings. The second-order valence-electron chi connectivity index (χ2n) is 5.80. The van der Waals surface area contributed by atoms with Crippen LogP contribution in [-0.2, 0) is 14.3 Å². The Hall–Kier alpha value is -3.35. The largest absolute Gasteiger partial charge is 0.495 e. The summed E-state index contributed by atoms with van der Waals surface area (Å²) in [5, 5.41) is 0. The van der Waals surface area contributed by atoms with E-state index in [2.05, 4.69) is 0 Å². The van der Waals surface area contributed by atoms with E-state index in [4.69, 9.17) is 14.2 Å². The van der Waals surface area contributed by atoms with Gasteiger partial charge in [0.15, 0.2) is 11.5 Å². The summed E-state index contributed by atoms with van der Waals surface area (Å²) in [4.78, 5) is 25.8. The van der Waals surface area contributed by atoms with Gasteiger partial charge in [0.25, 0.3) is 5.91 Å². The lowest BCUT2D eigenvalue weighted by Gasteiger charge is -2.13. The quantitative estimate of drug-likeness (QED) is 0.612. The smallest absolute Gasteiger partial charge is 0.269 e. The van der Waals surface area contributed by atoms with Crippen LogP contribution in [0.25, 0.3) is 11.3 Å². The number of imide groups is 1. The van der Waals surface area contributed by atoms with Crippen LogP contribution in [0.5, 0.6) is 11.5 Å². The molecule has 0 spiro atoms. The van der Waals surface area contributed by atoms with Gasteiger partial charge in [-0.05, 0) is 36.4 Å². The molecule has 2 aromatic carbocycles. The van der Waals surface area contributed by atoms with Crippen LogP contribution < -0.4 is 14.4 Å². The van der Waals surface area contributed by atoms with Crippen LogP contribution in [0.3, 0.4) is 0 Å².